The highest BCUT2D eigenvalue weighted by atomic mass is 35.5. The lowest BCUT2D eigenvalue weighted by atomic mass is 10.2. The average Bonchev–Trinajstić information content (AvgIpc) is 2.93. The number of nitrogens with zero attached hydrogens (tertiary/aromatic N) is 1. The minimum Gasteiger partial charge on any atom is -0.459 e. The molecule has 19 heavy (non-hydrogen) atoms. The van der Waals surface area contributed by atoms with Crippen molar-refractivity contribution in [1.29, 1.82) is 0 Å². The van der Waals surface area contributed by atoms with Crippen molar-refractivity contribution in [2.75, 3.05) is 0 Å². The van der Waals surface area contributed by atoms with Gasteiger partial charge in [0.2, 0.25) is 0 Å². The van der Waals surface area contributed by atoms with E-state index in [4.69, 9.17) is 16.0 Å². The second-order valence-electron chi connectivity index (χ2n) is 3.62. The lowest BCUT2D eigenvalue weighted by Gasteiger charge is -1.95. The van der Waals surface area contributed by atoms with Crippen LogP contribution in [0.4, 0.5) is 0 Å². The number of carbonyl (C=O) groups excluding carboxylic acids is 1. The highest BCUT2D eigenvalue weighted by Crippen LogP contribution is 2.07. The molecule has 2 aromatic rings. The Morgan fingerprint density at radius 3 is 2.68 bits per heavy atom. The molecule has 5 heteroatoms. The van der Waals surface area contributed by atoms with E-state index in [0.717, 1.165) is 5.56 Å². The van der Waals surface area contributed by atoms with E-state index in [9.17, 15) is 4.79 Å². The Balaban J connectivity index is 1.92. The molecule has 96 valence electrons. The van der Waals surface area contributed by atoms with Gasteiger partial charge in [0.15, 0.2) is 5.76 Å². The van der Waals surface area contributed by atoms with Gasteiger partial charge in [-0.1, -0.05) is 41.9 Å². The second-order valence-corrected chi connectivity index (χ2v) is 4.05. The predicted molar refractivity (Wildman–Crippen MR) is 74.9 cm³/mol. The van der Waals surface area contributed by atoms with Crippen LogP contribution in [0.2, 0.25) is 0 Å². The Labute approximate surface area is 115 Å². The molecule has 0 radical (unpaired) electrons. The summed E-state index contributed by atoms with van der Waals surface area (Å²) >= 11 is 5.96. The summed E-state index contributed by atoms with van der Waals surface area (Å²) in [6.45, 7) is 0. The molecule has 1 aromatic heterocycles. The summed E-state index contributed by atoms with van der Waals surface area (Å²) in [5, 5.41) is 4.15. The van der Waals surface area contributed by atoms with Crippen molar-refractivity contribution in [2.45, 2.75) is 0 Å². The molecule has 0 bridgehead atoms. The van der Waals surface area contributed by atoms with Crippen molar-refractivity contribution in [3.63, 3.8) is 0 Å². The van der Waals surface area contributed by atoms with Crippen LogP contribution in [0.15, 0.2) is 63.3 Å². The molecule has 0 aliphatic heterocycles. The van der Waals surface area contributed by atoms with Crippen LogP contribution in [0.1, 0.15) is 16.1 Å². The summed E-state index contributed by atoms with van der Waals surface area (Å²) in [5.41, 5.74) is 3.27. The van der Waals surface area contributed by atoms with Gasteiger partial charge in [-0.3, -0.25) is 4.79 Å². The highest BCUT2D eigenvalue weighted by Gasteiger charge is 2.05. The van der Waals surface area contributed by atoms with Gasteiger partial charge in [-0.15, -0.1) is 0 Å². The molecule has 0 saturated heterocycles. The van der Waals surface area contributed by atoms with E-state index >= 15 is 0 Å². The summed E-state index contributed by atoms with van der Waals surface area (Å²) in [4.78, 5) is 11.5. The van der Waals surface area contributed by atoms with Gasteiger partial charge in [-0.2, -0.15) is 5.10 Å². The molecule has 0 spiro atoms. The fourth-order valence-corrected chi connectivity index (χ4v) is 1.54. The first-order valence-corrected chi connectivity index (χ1v) is 5.92. The van der Waals surface area contributed by atoms with Gasteiger partial charge >= 0.3 is 5.91 Å². The van der Waals surface area contributed by atoms with E-state index in [1.807, 2.05) is 30.3 Å². The Morgan fingerprint density at radius 2 is 2.00 bits per heavy atom. The Kier molecular flexibility index (Phi) is 4.53. The maximum Gasteiger partial charge on any atom is 0.307 e. The third-order valence-electron chi connectivity index (χ3n) is 2.20. The number of hydrogen-bond donors (Lipinski definition) is 1. The minimum atomic E-state index is -0.426. The first kappa shape index (κ1) is 13.1. The van der Waals surface area contributed by atoms with Gasteiger partial charge in [0.05, 0.1) is 17.5 Å². The molecule has 0 saturated carbocycles. The zero-order valence-corrected chi connectivity index (χ0v) is 10.7. The second kappa shape index (κ2) is 6.56. The molecule has 1 aromatic carbocycles. The van der Waals surface area contributed by atoms with E-state index in [1.165, 1.54) is 12.5 Å². The number of hydrogen-bond acceptors (Lipinski definition) is 3. The van der Waals surface area contributed by atoms with Crippen LogP contribution >= 0.6 is 11.6 Å². The van der Waals surface area contributed by atoms with E-state index in [0.29, 0.717) is 5.03 Å². The predicted octanol–water partition coefficient (Wildman–Crippen LogP) is 3.28. The van der Waals surface area contributed by atoms with Crippen molar-refractivity contribution in [3.8, 4) is 0 Å². The molecule has 1 N–H and O–H groups in total. The van der Waals surface area contributed by atoms with Crippen LogP contribution in [-0.4, -0.2) is 12.1 Å². The van der Waals surface area contributed by atoms with Crippen molar-refractivity contribution in [1.82, 2.24) is 5.43 Å². The van der Waals surface area contributed by atoms with Crippen LogP contribution in [0, 0.1) is 0 Å². The van der Waals surface area contributed by atoms with Crippen LogP contribution in [-0.2, 0) is 0 Å². The third kappa shape index (κ3) is 4.12. The molecule has 0 atom stereocenters. The zero-order chi connectivity index (χ0) is 13.5. The van der Waals surface area contributed by atoms with Crippen molar-refractivity contribution in [3.05, 3.63) is 65.1 Å². The number of nitrogens with one attached hydrogen (secondary N) is 1. The van der Waals surface area contributed by atoms with Crippen LogP contribution in [0.3, 0.4) is 0 Å². The van der Waals surface area contributed by atoms with Crippen molar-refractivity contribution < 1.29 is 9.21 Å². The zero-order valence-electron chi connectivity index (χ0n) is 9.92. The number of carbonyl (C=O) groups is 1. The molecule has 1 heterocycles. The average molecular weight is 275 g/mol. The third-order valence-corrected chi connectivity index (χ3v) is 2.41. The molecular formula is C14H11ClN2O2. The number of halogens is 1. The molecule has 1 amide bonds. The Bertz CT molecular complexity index is 589. The summed E-state index contributed by atoms with van der Waals surface area (Å²) < 4.78 is 4.91. The highest BCUT2D eigenvalue weighted by molar-refractivity contribution is 6.41. The standard InChI is InChI=1S/C14H11ClN2O2/c15-12(9-11-5-2-1-3-6-11)10-16-17-14(18)13-7-4-8-19-13/h1-10H,(H,17,18)/b12-9+,16-10+. The number of allylic oxidation sites excluding steroid dienone is 1. The largest absolute Gasteiger partial charge is 0.459 e. The summed E-state index contributed by atoms with van der Waals surface area (Å²) in [6, 6.07) is 12.7. The number of rotatable bonds is 4. The van der Waals surface area contributed by atoms with Crippen LogP contribution in [0.25, 0.3) is 6.08 Å². The van der Waals surface area contributed by atoms with Crippen LogP contribution in [0.5, 0.6) is 0 Å². The van der Waals surface area contributed by atoms with Gasteiger partial charge in [0.1, 0.15) is 0 Å². The quantitative estimate of drug-likeness (QED) is 0.687. The van der Waals surface area contributed by atoms with Gasteiger partial charge in [-0.25, -0.2) is 5.43 Å². The smallest absolute Gasteiger partial charge is 0.307 e. The van der Waals surface area contributed by atoms with Crippen molar-refractivity contribution >= 4 is 29.8 Å². The number of amides is 1. The van der Waals surface area contributed by atoms with Gasteiger partial charge in [0, 0.05) is 0 Å². The maximum absolute atomic E-state index is 11.5. The summed E-state index contributed by atoms with van der Waals surface area (Å²) in [7, 11) is 0. The molecule has 0 unspecified atom stereocenters. The van der Waals surface area contributed by atoms with E-state index in [2.05, 4.69) is 10.5 Å². The molecule has 4 nitrogen and oxygen atoms in total. The SMILES string of the molecule is O=C(N/N=C/C(Cl)=C\c1ccccc1)c1ccco1. The number of furan rings is 1. The van der Waals surface area contributed by atoms with Crippen LogP contribution < -0.4 is 5.43 Å². The van der Waals surface area contributed by atoms with E-state index in [-0.39, 0.29) is 5.76 Å². The Morgan fingerprint density at radius 1 is 1.21 bits per heavy atom. The molecule has 0 aliphatic rings. The first-order valence-electron chi connectivity index (χ1n) is 5.55. The number of benzene rings is 1. The van der Waals surface area contributed by atoms with Gasteiger partial charge in [-0.05, 0) is 23.8 Å². The first-order chi connectivity index (χ1) is 9.25. The van der Waals surface area contributed by atoms with E-state index in [1.54, 1.807) is 18.2 Å². The van der Waals surface area contributed by atoms with E-state index < -0.39 is 5.91 Å². The Hall–Kier alpha value is -2.33. The molecular weight excluding hydrogens is 264 g/mol. The summed E-state index contributed by atoms with van der Waals surface area (Å²) in [6.07, 6.45) is 4.51. The lowest BCUT2D eigenvalue weighted by Crippen LogP contribution is -2.16. The molecule has 0 fully saturated rings. The maximum atomic E-state index is 11.5. The fraction of sp³-hybridized carbons (Fsp3) is 0. The van der Waals surface area contributed by atoms with Gasteiger partial charge in [0.25, 0.3) is 0 Å². The monoisotopic (exact) mass is 274 g/mol. The summed E-state index contributed by atoms with van der Waals surface area (Å²) in [5.74, 6) is -0.231. The molecule has 0 aliphatic carbocycles. The normalized spacial score (nSPS) is 11.7. The fourth-order valence-electron chi connectivity index (χ4n) is 1.36. The topological polar surface area (TPSA) is 54.6 Å². The number of hydrazone groups is 1. The lowest BCUT2D eigenvalue weighted by molar-refractivity contribution is 0.0927. The van der Waals surface area contributed by atoms with Crippen molar-refractivity contribution in [2.24, 2.45) is 5.10 Å². The molecule has 2 rings (SSSR count). The van der Waals surface area contributed by atoms with Gasteiger partial charge < -0.3 is 4.42 Å². The minimum absolute atomic E-state index is 0.195.